The third-order valence-corrected chi connectivity index (χ3v) is 3.83. The molecule has 0 aromatic rings. The van der Waals surface area contributed by atoms with E-state index < -0.39 is 10.2 Å². The fourth-order valence-corrected chi connectivity index (χ4v) is 2.82. The van der Waals surface area contributed by atoms with Gasteiger partial charge in [0.25, 0.3) is 10.2 Å². The summed E-state index contributed by atoms with van der Waals surface area (Å²) < 4.78 is 27.7. The third kappa shape index (κ3) is 3.53. The Balaban J connectivity index is 2.42. The quantitative estimate of drug-likeness (QED) is 0.582. The Hall–Kier alpha value is -0.170. The second kappa shape index (κ2) is 5.06. The van der Waals surface area contributed by atoms with Crippen molar-refractivity contribution in [1.82, 2.24) is 14.8 Å². The summed E-state index contributed by atoms with van der Waals surface area (Å²) in [5, 5.41) is 3.22. The van der Waals surface area contributed by atoms with E-state index in [1.54, 1.807) is 6.92 Å². The first kappa shape index (κ1) is 11.9. The van der Waals surface area contributed by atoms with Crippen molar-refractivity contribution < 1.29 is 8.42 Å². The van der Waals surface area contributed by atoms with E-state index in [2.05, 4.69) is 14.8 Å². The smallest absolute Gasteiger partial charge is 0.277 e. The molecule has 2 unspecified atom stereocenters. The van der Waals surface area contributed by atoms with Crippen LogP contribution in [0.25, 0.3) is 0 Å². The summed E-state index contributed by atoms with van der Waals surface area (Å²) in [6.07, 6.45) is 1.04. The summed E-state index contributed by atoms with van der Waals surface area (Å²) >= 11 is 0. The van der Waals surface area contributed by atoms with E-state index in [1.165, 1.54) is 0 Å². The second-order valence-corrected chi connectivity index (χ2v) is 5.19. The minimum atomic E-state index is -3.30. The van der Waals surface area contributed by atoms with Crippen molar-refractivity contribution in [3.05, 3.63) is 0 Å². The summed E-state index contributed by atoms with van der Waals surface area (Å²) in [6.45, 7) is 5.98. The predicted molar refractivity (Wildman–Crippen MR) is 56.2 cm³/mol. The standard InChI is InChI=1S/C8H19N3O2S/c1-3-10-14(12,13)11-7(2)8-4-5-9-6-8/h7-11H,3-6H2,1-2H3. The molecular weight excluding hydrogens is 202 g/mol. The summed E-state index contributed by atoms with van der Waals surface area (Å²) in [6, 6.07) is -0.00551. The van der Waals surface area contributed by atoms with E-state index in [0.717, 1.165) is 19.5 Å². The molecule has 0 radical (unpaired) electrons. The highest BCUT2D eigenvalue weighted by molar-refractivity contribution is 7.87. The number of hydrogen-bond acceptors (Lipinski definition) is 3. The molecule has 14 heavy (non-hydrogen) atoms. The minimum absolute atomic E-state index is 0.00551. The zero-order valence-corrected chi connectivity index (χ0v) is 9.52. The van der Waals surface area contributed by atoms with Gasteiger partial charge in [0, 0.05) is 12.6 Å². The van der Waals surface area contributed by atoms with Crippen LogP contribution in [0.3, 0.4) is 0 Å². The first-order chi connectivity index (χ1) is 6.55. The lowest BCUT2D eigenvalue weighted by Crippen LogP contribution is -2.44. The van der Waals surface area contributed by atoms with E-state index in [0.29, 0.717) is 12.5 Å². The fraction of sp³-hybridized carbons (Fsp3) is 1.00. The van der Waals surface area contributed by atoms with Gasteiger partial charge in [0.1, 0.15) is 0 Å². The third-order valence-electron chi connectivity index (χ3n) is 2.48. The van der Waals surface area contributed by atoms with Crippen LogP contribution in [0.15, 0.2) is 0 Å². The highest BCUT2D eigenvalue weighted by Gasteiger charge is 2.24. The molecule has 0 bridgehead atoms. The van der Waals surface area contributed by atoms with Crippen LogP contribution in [0.2, 0.25) is 0 Å². The molecule has 1 rings (SSSR count). The second-order valence-electron chi connectivity index (χ2n) is 3.66. The summed E-state index contributed by atoms with van der Waals surface area (Å²) in [7, 11) is -3.30. The maximum atomic E-state index is 11.4. The Kier molecular flexibility index (Phi) is 4.31. The van der Waals surface area contributed by atoms with Gasteiger partial charge in [0.05, 0.1) is 0 Å². The van der Waals surface area contributed by atoms with E-state index in [4.69, 9.17) is 0 Å². The van der Waals surface area contributed by atoms with Crippen molar-refractivity contribution >= 4 is 10.2 Å². The number of nitrogens with one attached hydrogen (secondary N) is 3. The Labute approximate surface area is 85.8 Å². The van der Waals surface area contributed by atoms with Crippen LogP contribution in [0.4, 0.5) is 0 Å². The Morgan fingerprint density at radius 2 is 2.29 bits per heavy atom. The number of hydrogen-bond donors (Lipinski definition) is 3. The molecule has 0 aliphatic carbocycles. The lowest BCUT2D eigenvalue weighted by molar-refractivity contribution is 0.441. The van der Waals surface area contributed by atoms with Crippen molar-refractivity contribution in [3.8, 4) is 0 Å². The lowest BCUT2D eigenvalue weighted by Gasteiger charge is -2.19. The normalized spacial score (nSPS) is 25.1. The van der Waals surface area contributed by atoms with Crippen LogP contribution in [-0.4, -0.2) is 34.1 Å². The van der Waals surface area contributed by atoms with Crippen LogP contribution in [0.1, 0.15) is 20.3 Å². The van der Waals surface area contributed by atoms with Crippen molar-refractivity contribution in [2.24, 2.45) is 5.92 Å². The van der Waals surface area contributed by atoms with Crippen LogP contribution >= 0.6 is 0 Å². The molecule has 2 atom stereocenters. The predicted octanol–water partition coefficient (Wildman–Crippen LogP) is -0.572. The van der Waals surface area contributed by atoms with Crippen LogP contribution in [-0.2, 0) is 10.2 Å². The monoisotopic (exact) mass is 221 g/mol. The molecule has 1 aliphatic rings. The number of rotatable bonds is 5. The summed E-state index contributed by atoms with van der Waals surface area (Å²) in [5.74, 6) is 0.406. The molecule has 1 aliphatic heterocycles. The zero-order chi connectivity index (χ0) is 10.6. The van der Waals surface area contributed by atoms with E-state index in [-0.39, 0.29) is 6.04 Å². The average Bonchev–Trinajstić information content (AvgIpc) is 2.53. The van der Waals surface area contributed by atoms with E-state index >= 15 is 0 Å². The first-order valence-corrected chi connectivity index (χ1v) is 6.51. The van der Waals surface area contributed by atoms with Gasteiger partial charge in [0.2, 0.25) is 0 Å². The van der Waals surface area contributed by atoms with Gasteiger partial charge in [-0.15, -0.1) is 0 Å². The molecule has 0 aromatic carbocycles. The van der Waals surface area contributed by atoms with Crippen LogP contribution < -0.4 is 14.8 Å². The van der Waals surface area contributed by atoms with Gasteiger partial charge in [-0.25, -0.2) is 4.72 Å². The van der Waals surface area contributed by atoms with E-state index in [9.17, 15) is 8.42 Å². The van der Waals surface area contributed by atoms with Crippen molar-refractivity contribution in [3.63, 3.8) is 0 Å². The topological polar surface area (TPSA) is 70.2 Å². The molecule has 0 aromatic heterocycles. The maximum absolute atomic E-state index is 11.4. The SMILES string of the molecule is CCNS(=O)(=O)NC(C)C1CCNC1. The molecule has 0 saturated carbocycles. The molecule has 5 nitrogen and oxygen atoms in total. The van der Waals surface area contributed by atoms with Gasteiger partial charge in [-0.3, -0.25) is 0 Å². The highest BCUT2D eigenvalue weighted by Crippen LogP contribution is 2.12. The van der Waals surface area contributed by atoms with Gasteiger partial charge in [-0.1, -0.05) is 6.92 Å². The maximum Gasteiger partial charge on any atom is 0.277 e. The van der Waals surface area contributed by atoms with Gasteiger partial charge in [-0.05, 0) is 32.4 Å². The molecule has 1 fully saturated rings. The summed E-state index contributed by atoms with van der Waals surface area (Å²) in [4.78, 5) is 0. The Morgan fingerprint density at radius 3 is 2.79 bits per heavy atom. The first-order valence-electron chi connectivity index (χ1n) is 5.03. The largest absolute Gasteiger partial charge is 0.316 e. The Morgan fingerprint density at radius 1 is 1.57 bits per heavy atom. The van der Waals surface area contributed by atoms with Crippen molar-refractivity contribution in [1.29, 1.82) is 0 Å². The van der Waals surface area contributed by atoms with Crippen LogP contribution in [0.5, 0.6) is 0 Å². The van der Waals surface area contributed by atoms with Crippen LogP contribution in [0, 0.1) is 5.92 Å². The molecule has 1 saturated heterocycles. The molecule has 1 heterocycles. The van der Waals surface area contributed by atoms with Crippen molar-refractivity contribution in [2.45, 2.75) is 26.3 Å². The fourth-order valence-electron chi connectivity index (χ4n) is 1.68. The van der Waals surface area contributed by atoms with E-state index in [1.807, 2.05) is 6.92 Å². The van der Waals surface area contributed by atoms with Gasteiger partial charge >= 0.3 is 0 Å². The molecule has 6 heteroatoms. The Bertz CT molecular complexity index is 260. The highest BCUT2D eigenvalue weighted by atomic mass is 32.2. The van der Waals surface area contributed by atoms with Gasteiger partial charge < -0.3 is 5.32 Å². The van der Waals surface area contributed by atoms with Gasteiger partial charge in [-0.2, -0.15) is 13.1 Å². The summed E-state index contributed by atoms with van der Waals surface area (Å²) in [5.41, 5.74) is 0. The molecule has 84 valence electrons. The molecular formula is C8H19N3O2S. The molecule has 0 amide bonds. The van der Waals surface area contributed by atoms with Crippen molar-refractivity contribution in [2.75, 3.05) is 19.6 Å². The molecule has 0 spiro atoms. The van der Waals surface area contributed by atoms with Gasteiger partial charge in [0.15, 0.2) is 0 Å². The lowest BCUT2D eigenvalue weighted by atomic mass is 10.0. The minimum Gasteiger partial charge on any atom is -0.316 e. The molecule has 3 N–H and O–H groups in total. The zero-order valence-electron chi connectivity index (χ0n) is 8.71. The average molecular weight is 221 g/mol.